The van der Waals surface area contributed by atoms with Crippen LogP contribution >= 0.6 is 0 Å². The minimum atomic E-state index is -0.0242. The summed E-state index contributed by atoms with van der Waals surface area (Å²) in [6, 6.07) is 9.53. The van der Waals surface area contributed by atoms with Crippen molar-refractivity contribution >= 4 is 5.91 Å². The quantitative estimate of drug-likeness (QED) is 0.940. The molecule has 1 aromatic carbocycles. The van der Waals surface area contributed by atoms with Gasteiger partial charge in [0.05, 0.1) is 12.7 Å². The first-order chi connectivity index (χ1) is 11.2. The van der Waals surface area contributed by atoms with E-state index in [0.29, 0.717) is 18.7 Å². The molecule has 1 fully saturated rings. The summed E-state index contributed by atoms with van der Waals surface area (Å²) in [7, 11) is 1.63. The lowest BCUT2D eigenvalue weighted by atomic mass is 10.1. The number of aliphatic hydroxyl groups excluding tert-OH is 1. The zero-order valence-electron chi connectivity index (χ0n) is 13.1. The summed E-state index contributed by atoms with van der Waals surface area (Å²) < 4.78 is 5.16. The molecule has 3 rings (SSSR count). The third-order valence-corrected chi connectivity index (χ3v) is 4.24. The number of aromatic nitrogens is 1. The largest absolute Gasteiger partial charge is 0.497 e. The number of rotatable bonds is 4. The van der Waals surface area contributed by atoms with Gasteiger partial charge in [-0.2, -0.15) is 0 Å². The Morgan fingerprint density at radius 3 is 2.74 bits per heavy atom. The topological polar surface area (TPSA) is 62.7 Å². The van der Waals surface area contributed by atoms with Crippen LogP contribution in [0, 0.1) is 5.92 Å². The first-order valence-corrected chi connectivity index (χ1v) is 7.71. The number of nitrogens with zero attached hydrogens (tertiary/aromatic N) is 2. The van der Waals surface area contributed by atoms with Gasteiger partial charge in [0.25, 0.3) is 5.91 Å². The number of ether oxygens (including phenoxy) is 1. The summed E-state index contributed by atoms with van der Waals surface area (Å²) in [5.41, 5.74) is 2.47. The van der Waals surface area contributed by atoms with E-state index in [1.165, 1.54) is 0 Å². The van der Waals surface area contributed by atoms with Crippen LogP contribution in [-0.2, 0) is 0 Å². The second-order valence-corrected chi connectivity index (χ2v) is 5.78. The van der Waals surface area contributed by atoms with Crippen LogP contribution in [0.3, 0.4) is 0 Å². The van der Waals surface area contributed by atoms with Gasteiger partial charge in [0.1, 0.15) is 5.75 Å². The molecule has 0 saturated carbocycles. The molecule has 5 heteroatoms. The van der Waals surface area contributed by atoms with Gasteiger partial charge in [0, 0.05) is 43.6 Å². The van der Waals surface area contributed by atoms with E-state index in [4.69, 9.17) is 4.74 Å². The molecule has 1 unspecified atom stereocenters. The number of hydrogen-bond acceptors (Lipinski definition) is 4. The Labute approximate surface area is 135 Å². The average Bonchev–Trinajstić information content (AvgIpc) is 3.10. The second-order valence-electron chi connectivity index (χ2n) is 5.78. The number of hydrogen-bond donors (Lipinski definition) is 1. The van der Waals surface area contributed by atoms with Crippen LogP contribution in [0.5, 0.6) is 5.75 Å². The molecule has 1 amide bonds. The van der Waals surface area contributed by atoms with Crippen molar-refractivity contribution in [1.82, 2.24) is 9.88 Å². The van der Waals surface area contributed by atoms with Gasteiger partial charge in [-0.1, -0.05) is 12.1 Å². The highest BCUT2D eigenvalue weighted by atomic mass is 16.5. The molecule has 1 aromatic heterocycles. The van der Waals surface area contributed by atoms with Crippen LogP contribution < -0.4 is 4.74 Å². The van der Waals surface area contributed by atoms with Crippen molar-refractivity contribution in [2.45, 2.75) is 6.42 Å². The fourth-order valence-electron chi connectivity index (χ4n) is 2.85. The van der Waals surface area contributed by atoms with E-state index in [9.17, 15) is 9.90 Å². The van der Waals surface area contributed by atoms with Crippen LogP contribution in [0.4, 0.5) is 0 Å². The minimum Gasteiger partial charge on any atom is -0.497 e. The summed E-state index contributed by atoms with van der Waals surface area (Å²) in [4.78, 5) is 18.6. The number of pyridine rings is 1. The molecule has 0 spiro atoms. The Hall–Kier alpha value is -2.40. The van der Waals surface area contributed by atoms with E-state index in [0.717, 1.165) is 23.3 Å². The molecular weight excluding hydrogens is 292 g/mol. The van der Waals surface area contributed by atoms with E-state index in [2.05, 4.69) is 4.98 Å². The van der Waals surface area contributed by atoms with Gasteiger partial charge in [-0.25, -0.2) is 0 Å². The summed E-state index contributed by atoms with van der Waals surface area (Å²) in [6.07, 6.45) is 4.20. The normalized spacial score (nSPS) is 17.3. The number of methoxy groups -OCH3 is 1. The maximum atomic E-state index is 12.6. The fourth-order valence-corrected chi connectivity index (χ4v) is 2.85. The number of carbonyl (C=O) groups excluding carboxylic acids is 1. The lowest BCUT2D eigenvalue weighted by molar-refractivity contribution is 0.0781. The highest BCUT2D eigenvalue weighted by molar-refractivity contribution is 5.95. The van der Waals surface area contributed by atoms with E-state index in [1.807, 2.05) is 30.3 Å². The van der Waals surface area contributed by atoms with Crippen molar-refractivity contribution in [2.24, 2.45) is 5.92 Å². The van der Waals surface area contributed by atoms with Crippen molar-refractivity contribution < 1.29 is 14.6 Å². The number of likely N-dealkylation sites (tertiary alicyclic amines) is 1. The van der Waals surface area contributed by atoms with Gasteiger partial charge in [0.15, 0.2) is 0 Å². The molecular formula is C18H20N2O3. The predicted octanol–water partition coefficient (Wildman–Crippen LogP) is 2.21. The van der Waals surface area contributed by atoms with Crippen molar-refractivity contribution in [2.75, 3.05) is 26.8 Å². The second kappa shape index (κ2) is 6.79. The van der Waals surface area contributed by atoms with Gasteiger partial charge >= 0.3 is 0 Å². The third kappa shape index (κ3) is 3.35. The Kier molecular flexibility index (Phi) is 4.57. The third-order valence-electron chi connectivity index (χ3n) is 4.24. The Morgan fingerprint density at radius 2 is 2.09 bits per heavy atom. The molecule has 120 valence electrons. The lowest BCUT2D eigenvalue weighted by Crippen LogP contribution is -2.29. The van der Waals surface area contributed by atoms with Crippen molar-refractivity contribution in [1.29, 1.82) is 0 Å². The molecule has 23 heavy (non-hydrogen) atoms. The average molecular weight is 312 g/mol. The smallest absolute Gasteiger partial charge is 0.255 e. The van der Waals surface area contributed by atoms with E-state index in [-0.39, 0.29) is 18.4 Å². The maximum absolute atomic E-state index is 12.6. The Bertz CT molecular complexity index is 685. The molecule has 0 bridgehead atoms. The lowest BCUT2D eigenvalue weighted by Gasteiger charge is -2.16. The highest BCUT2D eigenvalue weighted by Gasteiger charge is 2.26. The molecule has 0 aliphatic carbocycles. The number of benzene rings is 1. The summed E-state index contributed by atoms with van der Waals surface area (Å²) in [5.74, 6) is 0.960. The predicted molar refractivity (Wildman–Crippen MR) is 87.3 cm³/mol. The first kappa shape index (κ1) is 15.5. The van der Waals surface area contributed by atoms with Crippen LogP contribution in [0.2, 0.25) is 0 Å². The molecule has 1 aliphatic heterocycles. The van der Waals surface area contributed by atoms with Crippen LogP contribution in [0.15, 0.2) is 42.7 Å². The van der Waals surface area contributed by atoms with Gasteiger partial charge in [-0.05, 0) is 30.2 Å². The number of aliphatic hydroxyl groups is 1. The summed E-state index contributed by atoms with van der Waals surface area (Å²) >= 11 is 0. The Morgan fingerprint density at radius 1 is 1.30 bits per heavy atom. The van der Waals surface area contributed by atoms with E-state index < -0.39 is 0 Å². The van der Waals surface area contributed by atoms with Crippen LogP contribution in [-0.4, -0.2) is 47.7 Å². The van der Waals surface area contributed by atoms with Crippen LogP contribution in [0.1, 0.15) is 16.8 Å². The molecule has 1 atom stereocenters. The van der Waals surface area contributed by atoms with Gasteiger partial charge < -0.3 is 14.7 Å². The monoisotopic (exact) mass is 312 g/mol. The SMILES string of the molecule is COc1ccc(-c2cncc(C(=O)N3CCC(CO)C3)c2)cc1. The summed E-state index contributed by atoms with van der Waals surface area (Å²) in [5, 5.41) is 9.21. The van der Waals surface area contributed by atoms with Crippen molar-refractivity contribution in [3.05, 3.63) is 48.3 Å². The zero-order chi connectivity index (χ0) is 16.2. The molecule has 1 saturated heterocycles. The number of amides is 1. The van der Waals surface area contributed by atoms with Crippen molar-refractivity contribution in [3.63, 3.8) is 0 Å². The van der Waals surface area contributed by atoms with Crippen LogP contribution in [0.25, 0.3) is 11.1 Å². The summed E-state index contributed by atoms with van der Waals surface area (Å²) in [6.45, 7) is 1.44. The number of carbonyl (C=O) groups is 1. The van der Waals surface area contributed by atoms with Gasteiger partial charge in [-0.3, -0.25) is 9.78 Å². The first-order valence-electron chi connectivity index (χ1n) is 7.71. The van der Waals surface area contributed by atoms with Crippen molar-refractivity contribution in [3.8, 4) is 16.9 Å². The van der Waals surface area contributed by atoms with Gasteiger partial charge in [0.2, 0.25) is 0 Å². The molecule has 1 N–H and O–H groups in total. The zero-order valence-corrected chi connectivity index (χ0v) is 13.1. The van der Waals surface area contributed by atoms with E-state index in [1.54, 1.807) is 24.4 Å². The van der Waals surface area contributed by atoms with Gasteiger partial charge in [-0.15, -0.1) is 0 Å². The van der Waals surface area contributed by atoms with E-state index >= 15 is 0 Å². The standard InChI is InChI=1S/C18H20N2O3/c1-23-17-4-2-14(3-5-17)15-8-16(10-19-9-15)18(22)20-7-6-13(11-20)12-21/h2-5,8-10,13,21H,6-7,11-12H2,1H3. The maximum Gasteiger partial charge on any atom is 0.255 e. The molecule has 0 radical (unpaired) electrons. The molecule has 5 nitrogen and oxygen atoms in total. The molecule has 1 aliphatic rings. The fraction of sp³-hybridized carbons (Fsp3) is 0.333. The molecule has 2 aromatic rings. The molecule has 2 heterocycles. The highest BCUT2D eigenvalue weighted by Crippen LogP contribution is 2.24. The minimum absolute atomic E-state index is 0.0242. The Balaban J connectivity index is 1.80.